The third-order valence-electron chi connectivity index (χ3n) is 11.9. The van der Waals surface area contributed by atoms with Crippen LogP contribution in [-0.2, 0) is 33.6 Å². The molecule has 1 aliphatic carbocycles. The van der Waals surface area contributed by atoms with E-state index in [4.69, 9.17) is 38.9 Å². The molecule has 0 saturated carbocycles. The molecule has 0 bridgehead atoms. The Morgan fingerprint density at radius 2 is 1.34 bits per heavy atom. The number of carbonyl (C=O) groups excluding carboxylic acids is 2. The van der Waals surface area contributed by atoms with Crippen molar-refractivity contribution < 1.29 is 68.5 Å². The van der Waals surface area contributed by atoms with Crippen molar-refractivity contribution in [3.63, 3.8) is 0 Å². The molecule has 3 aromatic carbocycles. The third kappa shape index (κ3) is 14.4. The van der Waals surface area contributed by atoms with Gasteiger partial charge in [-0.2, -0.15) is 0 Å². The van der Waals surface area contributed by atoms with Crippen molar-refractivity contribution in [1.82, 2.24) is 4.90 Å². The first-order valence-electron chi connectivity index (χ1n) is 23.1. The van der Waals surface area contributed by atoms with Crippen LogP contribution >= 0.6 is 0 Å². The monoisotopic (exact) mass is 944 g/mol. The Morgan fingerprint density at radius 3 is 1.93 bits per heavy atom. The Hall–Kier alpha value is -5.70. The zero-order chi connectivity index (χ0) is 48.3. The summed E-state index contributed by atoms with van der Waals surface area (Å²) in [7, 11) is 3.36. The minimum atomic E-state index is -1.26. The summed E-state index contributed by atoms with van der Waals surface area (Å²) in [4.78, 5) is 40.1. The Labute approximate surface area is 397 Å². The van der Waals surface area contributed by atoms with Gasteiger partial charge in [-0.05, 0) is 73.4 Å². The third-order valence-corrected chi connectivity index (χ3v) is 11.9. The SMILES string of the molecule is COCCN1CCOCCN(CCOC)c2ccc(C3=C4C=CC(N(CCCOO)CCCOO)C=C4Oc4cc(N(CCC(=O)[O-])CCC(=O)[O-])ccc43)cc2OCCOc2cc(C)ccc21. The Balaban J connectivity index is 1.43. The standard InChI is InChI=1S/C50H66N4O14/c1-36-6-12-42-46(32-36)64-30-31-65-47-33-37(7-13-43(47)54(21-27-62-3)23-29-63-28-22-53(42)20-26-61-2)50-40-10-8-38(51(16-4-24-66-59)17-5-25-67-60)34-44(40)68-45-35-39(9-11-41(45)50)52(18-14-48(55)56)19-15-49(57)58/h6-13,32-35,38,59-60H,4-5,14-31H2,1-3H3,(H,55,56)(H,57,58)/p-2. The van der Waals surface area contributed by atoms with E-state index in [1.54, 1.807) is 25.2 Å². The number of hydrogen-bond donors (Lipinski definition) is 2. The van der Waals surface area contributed by atoms with Gasteiger partial charge in [-0.3, -0.25) is 15.4 Å². The maximum Gasteiger partial charge on any atom is 0.143 e. The van der Waals surface area contributed by atoms with E-state index >= 15 is 0 Å². The summed E-state index contributed by atoms with van der Waals surface area (Å²) in [6.07, 6.45) is 6.54. The normalized spacial score (nSPS) is 16.3. The molecule has 0 amide bonds. The van der Waals surface area contributed by atoms with Gasteiger partial charge in [-0.15, -0.1) is 0 Å². The van der Waals surface area contributed by atoms with Crippen LogP contribution in [0, 0.1) is 6.92 Å². The van der Waals surface area contributed by atoms with Gasteiger partial charge in [0.2, 0.25) is 0 Å². The van der Waals surface area contributed by atoms with Crippen LogP contribution in [0.15, 0.2) is 84.2 Å². The van der Waals surface area contributed by atoms with Gasteiger partial charge in [0.1, 0.15) is 36.2 Å². The number of benzene rings is 3. The number of rotatable bonds is 23. The molecule has 18 heteroatoms. The molecule has 1 unspecified atom stereocenters. The highest BCUT2D eigenvalue weighted by Crippen LogP contribution is 2.46. The van der Waals surface area contributed by atoms with Crippen molar-refractivity contribution in [1.29, 1.82) is 0 Å². The minimum Gasteiger partial charge on any atom is -0.550 e. The maximum atomic E-state index is 11.6. The average molecular weight is 945 g/mol. The molecule has 0 aromatic heterocycles. The molecule has 0 fully saturated rings. The number of nitrogens with zero attached hydrogens (tertiary/aromatic N) is 4. The summed E-state index contributed by atoms with van der Waals surface area (Å²) in [6.45, 7) is 8.27. The van der Waals surface area contributed by atoms with Gasteiger partial charge in [0.15, 0.2) is 0 Å². The van der Waals surface area contributed by atoms with E-state index in [1.807, 2.05) is 55.5 Å². The van der Waals surface area contributed by atoms with E-state index in [0.717, 1.165) is 45.0 Å². The number of hydrogen-bond acceptors (Lipinski definition) is 18. The fraction of sp³-hybridized carbons (Fsp3) is 0.480. The van der Waals surface area contributed by atoms with Gasteiger partial charge in [0.05, 0.1) is 57.1 Å². The van der Waals surface area contributed by atoms with Crippen LogP contribution in [0.1, 0.15) is 42.4 Å². The second kappa shape index (κ2) is 26.7. The lowest BCUT2D eigenvalue weighted by atomic mass is 9.86. The first kappa shape index (κ1) is 51.7. The lowest BCUT2D eigenvalue weighted by molar-refractivity contribution is -0.306. The van der Waals surface area contributed by atoms with Crippen LogP contribution in [0.2, 0.25) is 0 Å². The van der Waals surface area contributed by atoms with Gasteiger partial charge >= 0.3 is 0 Å². The molecular formula is C50H64N4O14-2. The summed E-state index contributed by atoms with van der Waals surface area (Å²) in [5.74, 6) is -0.135. The number of aliphatic carboxylic acids is 2. The van der Waals surface area contributed by atoms with Crippen molar-refractivity contribution in [2.75, 3.05) is 134 Å². The van der Waals surface area contributed by atoms with Crippen LogP contribution < -0.4 is 39.1 Å². The minimum absolute atomic E-state index is 0.00761. The zero-order valence-corrected chi connectivity index (χ0v) is 39.2. The lowest BCUT2D eigenvalue weighted by Gasteiger charge is -2.34. The van der Waals surface area contributed by atoms with E-state index in [1.165, 1.54) is 0 Å². The first-order valence-corrected chi connectivity index (χ1v) is 23.1. The smallest absolute Gasteiger partial charge is 0.143 e. The Bertz CT molecular complexity index is 2190. The second-order valence-corrected chi connectivity index (χ2v) is 16.5. The summed E-state index contributed by atoms with van der Waals surface area (Å²) >= 11 is 0. The van der Waals surface area contributed by atoms with Crippen LogP contribution in [0.3, 0.4) is 0 Å². The number of methoxy groups -OCH3 is 2. The van der Waals surface area contributed by atoms with Crippen LogP contribution in [0.5, 0.6) is 17.2 Å². The summed E-state index contributed by atoms with van der Waals surface area (Å²) in [5.41, 5.74) is 6.63. The van der Waals surface area contributed by atoms with E-state index in [-0.39, 0.29) is 58.4 Å². The molecule has 2 aliphatic heterocycles. The number of carbonyl (C=O) groups is 2. The molecule has 68 heavy (non-hydrogen) atoms. The first-order chi connectivity index (χ1) is 33.1. The predicted molar refractivity (Wildman–Crippen MR) is 251 cm³/mol. The van der Waals surface area contributed by atoms with Crippen molar-refractivity contribution in [3.8, 4) is 17.2 Å². The van der Waals surface area contributed by atoms with Gasteiger partial charge in [-0.1, -0.05) is 24.3 Å². The molecule has 2 heterocycles. The number of carboxylic acids is 2. The summed E-state index contributed by atoms with van der Waals surface area (Å²) in [6, 6.07) is 17.5. The van der Waals surface area contributed by atoms with Crippen molar-refractivity contribution in [2.24, 2.45) is 0 Å². The second-order valence-electron chi connectivity index (χ2n) is 16.5. The molecule has 18 nitrogen and oxygen atoms in total. The van der Waals surface area contributed by atoms with E-state index in [0.29, 0.717) is 101 Å². The average Bonchev–Trinajstić information content (AvgIpc) is 3.33. The quantitative estimate of drug-likeness (QED) is 0.0792. The molecule has 0 saturated heterocycles. The highest BCUT2D eigenvalue weighted by Gasteiger charge is 2.30. The molecule has 370 valence electrons. The van der Waals surface area contributed by atoms with Crippen LogP contribution in [0.4, 0.5) is 17.1 Å². The number of ether oxygens (including phenoxy) is 6. The van der Waals surface area contributed by atoms with Gasteiger partial charge in [0, 0.05) is 120 Å². The number of fused-ring (bicyclic) bond motifs is 4. The topological polar surface area (TPSA) is 208 Å². The number of allylic oxidation sites excluding steroid dienone is 1. The number of carboxylic acid groups (broad SMARTS) is 2. The molecule has 0 spiro atoms. The molecule has 0 radical (unpaired) electrons. The number of aryl methyl sites for hydroxylation is 1. The van der Waals surface area contributed by atoms with E-state index < -0.39 is 11.9 Å². The highest BCUT2D eigenvalue weighted by molar-refractivity contribution is 5.92. The van der Waals surface area contributed by atoms with Crippen LogP contribution in [0.25, 0.3) is 5.57 Å². The van der Waals surface area contributed by atoms with Gasteiger partial charge < -0.3 is 62.9 Å². The largest absolute Gasteiger partial charge is 0.550 e. The van der Waals surface area contributed by atoms with Crippen molar-refractivity contribution >= 4 is 34.6 Å². The maximum absolute atomic E-state index is 11.6. The molecule has 3 aliphatic rings. The predicted octanol–water partition coefficient (Wildman–Crippen LogP) is 3.55. The number of anilines is 3. The Kier molecular flexibility index (Phi) is 20.3. The molecule has 6 rings (SSSR count). The van der Waals surface area contributed by atoms with Crippen molar-refractivity contribution in [2.45, 2.75) is 38.6 Å². The zero-order valence-electron chi connectivity index (χ0n) is 39.2. The fourth-order valence-electron chi connectivity index (χ4n) is 8.48. The molecule has 2 N–H and O–H groups in total. The van der Waals surface area contributed by atoms with Crippen molar-refractivity contribution in [3.05, 3.63) is 101 Å². The molecule has 3 aromatic rings. The van der Waals surface area contributed by atoms with E-state index in [9.17, 15) is 19.8 Å². The van der Waals surface area contributed by atoms with Gasteiger partial charge in [0.25, 0.3) is 0 Å². The molecular weight excluding hydrogens is 881 g/mol. The highest BCUT2D eigenvalue weighted by atomic mass is 17.1. The fourth-order valence-corrected chi connectivity index (χ4v) is 8.48. The van der Waals surface area contributed by atoms with Gasteiger partial charge in [-0.25, -0.2) is 9.78 Å². The lowest BCUT2D eigenvalue weighted by Crippen LogP contribution is -2.37. The van der Waals surface area contributed by atoms with E-state index in [2.05, 4.69) is 42.7 Å². The summed E-state index contributed by atoms with van der Waals surface area (Å²) in [5, 5.41) is 41.2. The molecule has 1 atom stereocenters. The van der Waals surface area contributed by atoms with Crippen LogP contribution in [-0.4, -0.2) is 153 Å². The summed E-state index contributed by atoms with van der Waals surface area (Å²) < 4.78 is 37.2. The Morgan fingerprint density at radius 1 is 0.735 bits per heavy atom.